The van der Waals surface area contributed by atoms with Gasteiger partial charge in [0.1, 0.15) is 6.54 Å². The van der Waals surface area contributed by atoms with Gasteiger partial charge in [-0.3, -0.25) is 34.2 Å². The van der Waals surface area contributed by atoms with Crippen molar-refractivity contribution in [1.29, 1.82) is 0 Å². The van der Waals surface area contributed by atoms with Crippen molar-refractivity contribution in [1.82, 2.24) is 19.5 Å². The first-order chi connectivity index (χ1) is 9.92. The van der Waals surface area contributed by atoms with Crippen LogP contribution in [-0.2, 0) is 20.9 Å². The smallest absolute Gasteiger partial charge is 0.328 e. The average molecular weight is 295 g/mol. The van der Waals surface area contributed by atoms with Gasteiger partial charge in [-0.25, -0.2) is 4.79 Å². The molecule has 0 aliphatic heterocycles. The van der Waals surface area contributed by atoms with E-state index in [-0.39, 0.29) is 23.7 Å². The van der Waals surface area contributed by atoms with E-state index in [1.54, 1.807) is 6.92 Å². The number of aromatic nitrogens is 4. The topological polar surface area (TPSA) is 139 Å². The zero-order valence-corrected chi connectivity index (χ0v) is 11.3. The molecule has 0 unspecified atom stereocenters. The molecule has 0 atom stereocenters. The second-order valence-electron chi connectivity index (χ2n) is 4.11. The maximum atomic E-state index is 12.0. The van der Waals surface area contributed by atoms with Crippen molar-refractivity contribution in [3.05, 3.63) is 20.8 Å². The number of fused-ring (bicyclic) bond motifs is 1. The van der Waals surface area contributed by atoms with Gasteiger partial charge < -0.3 is 4.74 Å². The number of ether oxygens (including phenoxy) is 1. The molecule has 2 heterocycles. The number of imidazole rings is 1. The van der Waals surface area contributed by atoms with Gasteiger partial charge in [0.05, 0.1) is 6.61 Å². The molecule has 1 amide bonds. The van der Waals surface area contributed by atoms with Crippen LogP contribution in [0.3, 0.4) is 0 Å². The molecule has 21 heavy (non-hydrogen) atoms. The van der Waals surface area contributed by atoms with E-state index in [0.717, 1.165) is 4.57 Å². The molecule has 0 aromatic carbocycles. The van der Waals surface area contributed by atoms with E-state index < -0.39 is 29.7 Å². The number of hydrogen-bond donors (Lipinski definition) is 3. The van der Waals surface area contributed by atoms with Crippen molar-refractivity contribution in [2.24, 2.45) is 0 Å². The molecule has 2 aromatic rings. The molecule has 0 saturated heterocycles. The van der Waals surface area contributed by atoms with Gasteiger partial charge in [0.15, 0.2) is 11.2 Å². The second-order valence-corrected chi connectivity index (χ2v) is 4.11. The Kier molecular flexibility index (Phi) is 3.87. The van der Waals surface area contributed by atoms with E-state index in [9.17, 15) is 19.2 Å². The van der Waals surface area contributed by atoms with E-state index >= 15 is 0 Å². The van der Waals surface area contributed by atoms with Crippen molar-refractivity contribution in [3.63, 3.8) is 0 Å². The fourth-order valence-corrected chi connectivity index (χ4v) is 1.79. The minimum Gasteiger partial charge on any atom is -0.465 e. The summed E-state index contributed by atoms with van der Waals surface area (Å²) in [7, 11) is 0. The average Bonchev–Trinajstić information content (AvgIpc) is 2.65. The van der Waals surface area contributed by atoms with Gasteiger partial charge in [0, 0.05) is 6.92 Å². The third kappa shape index (κ3) is 2.99. The molecule has 3 N–H and O–H groups in total. The fraction of sp³-hybridized carbons (Fsp3) is 0.364. The van der Waals surface area contributed by atoms with Crippen molar-refractivity contribution >= 4 is 29.0 Å². The number of rotatable bonds is 4. The predicted molar refractivity (Wildman–Crippen MR) is 71.9 cm³/mol. The number of hydrogen-bond acceptors (Lipinski definition) is 6. The third-order valence-electron chi connectivity index (χ3n) is 2.52. The Labute approximate surface area is 117 Å². The van der Waals surface area contributed by atoms with Gasteiger partial charge in [-0.05, 0) is 6.92 Å². The van der Waals surface area contributed by atoms with Crippen molar-refractivity contribution in [3.8, 4) is 0 Å². The predicted octanol–water partition coefficient (Wildman–Crippen LogP) is -1.07. The number of amides is 1. The molecule has 0 radical (unpaired) electrons. The van der Waals surface area contributed by atoms with Crippen LogP contribution in [0.1, 0.15) is 13.8 Å². The summed E-state index contributed by atoms with van der Waals surface area (Å²) in [5.74, 6) is -1.17. The normalized spacial score (nSPS) is 10.6. The third-order valence-corrected chi connectivity index (χ3v) is 2.52. The molecular weight excluding hydrogens is 282 g/mol. The van der Waals surface area contributed by atoms with Crippen LogP contribution in [0, 0.1) is 0 Å². The first kappa shape index (κ1) is 14.5. The number of nitrogens with one attached hydrogen (secondary N) is 3. The molecule has 0 saturated carbocycles. The molecule has 0 fully saturated rings. The van der Waals surface area contributed by atoms with Crippen molar-refractivity contribution in [2.45, 2.75) is 20.4 Å². The highest BCUT2D eigenvalue weighted by Crippen LogP contribution is 2.04. The lowest BCUT2D eigenvalue weighted by Crippen LogP contribution is -2.26. The van der Waals surface area contributed by atoms with E-state index in [1.165, 1.54) is 6.92 Å². The molecule has 0 aliphatic carbocycles. The van der Waals surface area contributed by atoms with Crippen molar-refractivity contribution in [2.75, 3.05) is 11.9 Å². The molecule has 2 aromatic heterocycles. The highest BCUT2D eigenvalue weighted by Gasteiger charge is 2.16. The molecule has 112 valence electrons. The lowest BCUT2D eigenvalue weighted by atomic mass is 10.5. The molecular formula is C11H13N5O5. The van der Waals surface area contributed by atoms with Gasteiger partial charge >= 0.3 is 11.7 Å². The molecule has 0 aliphatic rings. The highest BCUT2D eigenvalue weighted by atomic mass is 16.5. The molecule has 0 spiro atoms. The van der Waals surface area contributed by atoms with Gasteiger partial charge in [-0.2, -0.15) is 4.98 Å². The summed E-state index contributed by atoms with van der Waals surface area (Å²) in [5.41, 5.74) is -1.46. The monoisotopic (exact) mass is 295 g/mol. The Bertz CT molecular complexity index is 814. The Morgan fingerprint density at radius 3 is 2.67 bits per heavy atom. The molecule has 0 bridgehead atoms. The summed E-state index contributed by atoms with van der Waals surface area (Å²) < 4.78 is 5.66. The largest absolute Gasteiger partial charge is 0.465 e. The lowest BCUT2D eigenvalue weighted by molar-refractivity contribution is -0.143. The van der Waals surface area contributed by atoms with E-state index in [4.69, 9.17) is 4.74 Å². The number of anilines is 1. The number of carbonyl (C=O) groups excluding carboxylic acids is 2. The van der Waals surface area contributed by atoms with Crippen LogP contribution >= 0.6 is 0 Å². The number of aromatic amines is 2. The van der Waals surface area contributed by atoms with Crippen LogP contribution in [-0.4, -0.2) is 38.0 Å². The van der Waals surface area contributed by atoms with E-state index in [1.807, 2.05) is 0 Å². The number of nitrogens with zero attached hydrogens (tertiary/aromatic N) is 2. The van der Waals surface area contributed by atoms with Gasteiger partial charge in [-0.15, -0.1) is 0 Å². The summed E-state index contributed by atoms with van der Waals surface area (Å²) in [6.45, 7) is 2.64. The van der Waals surface area contributed by atoms with E-state index in [2.05, 4.69) is 20.3 Å². The Morgan fingerprint density at radius 1 is 1.33 bits per heavy atom. The lowest BCUT2D eigenvalue weighted by Gasteiger charge is -2.03. The molecule has 10 nitrogen and oxygen atoms in total. The van der Waals surface area contributed by atoms with Crippen LogP contribution in [0.4, 0.5) is 5.95 Å². The Balaban J connectivity index is 2.51. The van der Waals surface area contributed by atoms with Crippen LogP contribution in [0.15, 0.2) is 9.59 Å². The minimum absolute atomic E-state index is 0.0307. The zero-order chi connectivity index (χ0) is 15.6. The SMILES string of the molecule is CCOC(=O)Cn1c(=O)[nH]c2nc(NC(C)=O)[nH]c(=O)c21. The van der Waals surface area contributed by atoms with Crippen LogP contribution in [0.2, 0.25) is 0 Å². The first-order valence-corrected chi connectivity index (χ1v) is 6.08. The second kappa shape index (κ2) is 5.61. The first-order valence-electron chi connectivity index (χ1n) is 6.08. The number of H-pyrrole nitrogens is 2. The molecule has 2 rings (SSSR count). The number of esters is 1. The number of carbonyl (C=O) groups is 2. The quantitative estimate of drug-likeness (QED) is 0.614. The fourth-order valence-electron chi connectivity index (χ4n) is 1.79. The van der Waals surface area contributed by atoms with E-state index in [0.29, 0.717) is 0 Å². The van der Waals surface area contributed by atoms with Crippen LogP contribution < -0.4 is 16.6 Å². The molecule has 10 heteroatoms. The summed E-state index contributed by atoms with van der Waals surface area (Å²) in [5, 5.41) is 2.30. The van der Waals surface area contributed by atoms with Gasteiger partial charge in [-0.1, -0.05) is 0 Å². The maximum absolute atomic E-state index is 12.0. The van der Waals surface area contributed by atoms with Gasteiger partial charge in [0.2, 0.25) is 11.9 Å². The summed E-state index contributed by atoms with van der Waals surface area (Å²) >= 11 is 0. The summed E-state index contributed by atoms with van der Waals surface area (Å²) in [6.07, 6.45) is 0. The summed E-state index contributed by atoms with van der Waals surface area (Å²) in [6, 6.07) is 0. The highest BCUT2D eigenvalue weighted by molar-refractivity contribution is 5.87. The Hall–Kier alpha value is -2.91. The van der Waals surface area contributed by atoms with Crippen LogP contribution in [0.5, 0.6) is 0 Å². The van der Waals surface area contributed by atoms with Crippen molar-refractivity contribution < 1.29 is 14.3 Å². The Morgan fingerprint density at radius 2 is 2.05 bits per heavy atom. The minimum atomic E-state index is -0.670. The standard InChI is InChI=1S/C11H13N5O5/c1-3-21-6(18)4-16-7-8(14-11(16)20)13-10(12-5(2)17)15-9(7)19/h3-4H2,1-2H3,(H3,12,13,14,15,17,19,20). The van der Waals surface area contributed by atoms with Gasteiger partial charge in [0.25, 0.3) is 5.56 Å². The van der Waals surface area contributed by atoms with Crippen LogP contribution in [0.25, 0.3) is 11.2 Å². The maximum Gasteiger partial charge on any atom is 0.328 e. The zero-order valence-electron chi connectivity index (χ0n) is 11.3. The summed E-state index contributed by atoms with van der Waals surface area (Å²) in [4.78, 5) is 54.7.